The first kappa shape index (κ1) is 11.9. The van der Waals surface area contributed by atoms with E-state index in [4.69, 9.17) is 10.8 Å². The number of piperidine rings is 1. The van der Waals surface area contributed by atoms with Crippen molar-refractivity contribution in [2.45, 2.75) is 38.1 Å². The zero-order valence-corrected chi connectivity index (χ0v) is 9.77. The number of likely N-dealkylation sites (tertiary alicyclic amines) is 1. The number of hydrogen-bond acceptors (Lipinski definition) is 3. The first-order valence-corrected chi connectivity index (χ1v) is 6.35. The molecule has 1 atom stereocenters. The third-order valence-corrected chi connectivity index (χ3v) is 3.86. The van der Waals surface area contributed by atoms with Gasteiger partial charge in [-0.05, 0) is 37.5 Å². The molecule has 0 bridgehead atoms. The van der Waals surface area contributed by atoms with Crippen LogP contribution in [0.1, 0.15) is 32.1 Å². The third-order valence-electron chi connectivity index (χ3n) is 3.86. The fourth-order valence-electron chi connectivity index (χ4n) is 2.39. The molecule has 3 N–H and O–H groups in total. The highest BCUT2D eigenvalue weighted by molar-refractivity contribution is 5.77. The smallest absolute Gasteiger partial charge is 0.224 e. The summed E-state index contributed by atoms with van der Waals surface area (Å²) >= 11 is 0. The second-order valence-electron chi connectivity index (χ2n) is 5.21. The molecular formula is C12H22N2O2. The molecule has 1 saturated heterocycles. The summed E-state index contributed by atoms with van der Waals surface area (Å²) in [4.78, 5) is 13.8. The van der Waals surface area contributed by atoms with Crippen LogP contribution in [0.5, 0.6) is 0 Å². The maximum Gasteiger partial charge on any atom is 0.224 e. The molecule has 0 unspecified atom stereocenters. The maximum atomic E-state index is 11.9. The fourth-order valence-corrected chi connectivity index (χ4v) is 2.39. The van der Waals surface area contributed by atoms with Crippen molar-refractivity contribution in [1.82, 2.24) is 4.90 Å². The van der Waals surface area contributed by atoms with Crippen LogP contribution in [0, 0.1) is 11.8 Å². The van der Waals surface area contributed by atoms with Crippen LogP contribution in [-0.4, -0.2) is 41.7 Å². The van der Waals surface area contributed by atoms with Crippen LogP contribution in [-0.2, 0) is 4.79 Å². The molecule has 1 aliphatic heterocycles. The molecule has 0 radical (unpaired) electrons. The zero-order chi connectivity index (χ0) is 11.5. The Labute approximate surface area is 96.8 Å². The Hall–Kier alpha value is -0.610. The normalized spacial score (nSPS) is 24.5. The molecule has 92 valence electrons. The topological polar surface area (TPSA) is 66.6 Å². The fraction of sp³-hybridized carbons (Fsp3) is 0.917. The Morgan fingerprint density at radius 2 is 1.94 bits per heavy atom. The van der Waals surface area contributed by atoms with E-state index in [0.717, 1.165) is 25.9 Å². The van der Waals surface area contributed by atoms with Crippen LogP contribution < -0.4 is 5.73 Å². The lowest BCUT2D eigenvalue weighted by Gasteiger charge is -2.31. The van der Waals surface area contributed by atoms with Crippen molar-refractivity contribution in [3.63, 3.8) is 0 Å². The molecule has 1 amide bonds. The molecule has 1 heterocycles. The van der Waals surface area contributed by atoms with Gasteiger partial charge in [-0.3, -0.25) is 4.79 Å². The van der Waals surface area contributed by atoms with Gasteiger partial charge in [-0.1, -0.05) is 0 Å². The van der Waals surface area contributed by atoms with E-state index < -0.39 is 0 Å². The monoisotopic (exact) mass is 226 g/mol. The van der Waals surface area contributed by atoms with Crippen molar-refractivity contribution in [2.24, 2.45) is 17.6 Å². The van der Waals surface area contributed by atoms with Crippen LogP contribution in [0.15, 0.2) is 0 Å². The quantitative estimate of drug-likeness (QED) is 0.726. The number of carbonyl (C=O) groups is 1. The molecule has 0 aromatic heterocycles. The second-order valence-corrected chi connectivity index (χ2v) is 5.21. The highest BCUT2D eigenvalue weighted by Crippen LogP contribution is 2.33. The van der Waals surface area contributed by atoms with Gasteiger partial charge in [-0.2, -0.15) is 0 Å². The molecule has 1 aliphatic carbocycles. The minimum absolute atomic E-state index is 0.0723. The Balaban J connectivity index is 1.73. The first-order chi connectivity index (χ1) is 7.70. The van der Waals surface area contributed by atoms with E-state index in [-0.39, 0.29) is 18.6 Å². The molecule has 16 heavy (non-hydrogen) atoms. The van der Waals surface area contributed by atoms with Gasteiger partial charge in [0.2, 0.25) is 5.91 Å². The van der Waals surface area contributed by atoms with Gasteiger partial charge in [0.1, 0.15) is 0 Å². The van der Waals surface area contributed by atoms with Gasteiger partial charge in [0, 0.05) is 32.2 Å². The van der Waals surface area contributed by atoms with Crippen LogP contribution in [0.4, 0.5) is 0 Å². The number of nitrogens with two attached hydrogens (primary N) is 1. The van der Waals surface area contributed by atoms with Crippen molar-refractivity contribution in [1.29, 1.82) is 0 Å². The Kier molecular flexibility index (Phi) is 3.82. The summed E-state index contributed by atoms with van der Waals surface area (Å²) in [5.74, 6) is 1.19. The number of aliphatic hydroxyl groups is 1. The van der Waals surface area contributed by atoms with E-state index in [9.17, 15) is 4.79 Å². The summed E-state index contributed by atoms with van der Waals surface area (Å²) in [6, 6.07) is 0.0723. The summed E-state index contributed by atoms with van der Waals surface area (Å²) in [5.41, 5.74) is 5.95. The van der Waals surface area contributed by atoms with Gasteiger partial charge in [-0.15, -0.1) is 0 Å². The maximum absolute atomic E-state index is 11.9. The van der Waals surface area contributed by atoms with E-state index in [1.54, 1.807) is 0 Å². The van der Waals surface area contributed by atoms with Crippen LogP contribution in [0.25, 0.3) is 0 Å². The minimum atomic E-state index is 0.0723. The molecule has 0 aromatic rings. The number of amides is 1. The largest absolute Gasteiger partial charge is 0.396 e. The lowest BCUT2D eigenvalue weighted by atomic mass is 9.97. The summed E-state index contributed by atoms with van der Waals surface area (Å²) in [6.07, 6.45) is 4.76. The number of nitrogens with zero attached hydrogens (tertiary/aromatic N) is 1. The van der Waals surface area contributed by atoms with Gasteiger partial charge in [-0.25, -0.2) is 0 Å². The minimum Gasteiger partial charge on any atom is -0.396 e. The van der Waals surface area contributed by atoms with E-state index in [1.165, 1.54) is 12.8 Å². The average Bonchev–Trinajstić information content (AvgIpc) is 3.13. The summed E-state index contributed by atoms with van der Waals surface area (Å²) in [6.45, 7) is 1.84. The molecule has 1 saturated carbocycles. The van der Waals surface area contributed by atoms with Crippen molar-refractivity contribution in [3.8, 4) is 0 Å². The molecule has 2 rings (SSSR count). The molecule has 2 fully saturated rings. The van der Waals surface area contributed by atoms with E-state index in [0.29, 0.717) is 18.3 Å². The molecule has 0 spiro atoms. The predicted octanol–water partition coefficient (Wildman–Crippen LogP) is 0.345. The summed E-state index contributed by atoms with van der Waals surface area (Å²) in [7, 11) is 0. The Morgan fingerprint density at radius 3 is 2.44 bits per heavy atom. The number of aliphatic hydroxyl groups excluding tert-OH is 1. The van der Waals surface area contributed by atoms with E-state index in [1.807, 2.05) is 4.90 Å². The third kappa shape index (κ3) is 2.95. The highest BCUT2D eigenvalue weighted by Gasteiger charge is 2.31. The van der Waals surface area contributed by atoms with Crippen LogP contribution in [0.3, 0.4) is 0 Å². The Morgan fingerprint density at radius 1 is 1.31 bits per heavy atom. The highest BCUT2D eigenvalue weighted by atomic mass is 16.3. The number of rotatable bonds is 4. The van der Waals surface area contributed by atoms with Crippen molar-refractivity contribution in [3.05, 3.63) is 0 Å². The predicted molar refractivity (Wildman–Crippen MR) is 61.7 cm³/mol. The van der Waals surface area contributed by atoms with Gasteiger partial charge < -0.3 is 15.7 Å². The number of hydrogen-bond donors (Lipinski definition) is 2. The lowest BCUT2D eigenvalue weighted by molar-refractivity contribution is -0.133. The van der Waals surface area contributed by atoms with E-state index in [2.05, 4.69) is 0 Å². The van der Waals surface area contributed by atoms with Crippen molar-refractivity contribution in [2.75, 3.05) is 19.7 Å². The van der Waals surface area contributed by atoms with Gasteiger partial charge in [0.25, 0.3) is 0 Å². The standard InChI is InChI=1S/C12H22N2O2/c13-11(10-1-2-10)7-12(16)14-5-3-9(8-15)4-6-14/h9-11,15H,1-8,13H2/t11-/m0/s1. The zero-order valence-electron chi connectivity index (χ0n) is 9.77. The molecule has 0 aromatic carbocycles. The van der Waals surface area contributed by atoms with E-state index >= 15 is 0 Å². The van der Waals surface area contributed by atoms with Crippen LogP contribution in [0.2, 0.25) is 0 Å². The SMILES string of the molecule is N[C@@H](CC(=O)N1CCC(CO)CC1)C1CC1. The first-order valence-electron chi connectivity index (χ1n) is 6.35. The van der Waals surface area contributed by atoms with Gasteiger partial charge in [0.15, 0.2) is 0 Å². The molecule has 2 aliphatic rings. The van der Waals surface area contributed by atoms with Crippen LogP contribution >= 0.6 is 0 Å². The van der Waals surface area contributed by atoms with Gasteiger partial charge >= 0.3 is 0 Å². The van der Waals surface area contributed by atoms with Gasteiger partial charge in [0.05, 0.1) is 0 Å². The Bertz CT molecular complexity index is 245. The van der Waals surface area contributed by atoms with Crippen molar-refractivity contribution >= 4 is 5.91 Å². The lowest BCUT2D eigenvalue weighted by Crippen LogP contribution is -2.42. The molecule has 4 heteroatoms. The van der Waals surface area contributed by atoms with Crippen molar-refractivity contribution < 1.29 is 9.90 Å². The molecule has 4 nitrogen and oxygen atoms in total. The molecular weight excluding hydrogens is 204 g/mol. The number of carbonyl (C=O) groups excluding carboxylic acids is 1. The summed E-state index contributed by atoms with van der Waals surface area (Å²) in [5, 5.41) is 9.02. The summed E-state index contributed by atoms with van der Waals surface area (Å²) < 4.78 is 0. The average molecular weight is 226 g/mol. The second kappa shape index (κ2) is 5.15.